The van der Waals surface area contributed by atoms with Crippen LogP contribution in [0.5, 0.6) is 0 Å². The van der Waals surface area contributed by atoms with Gasteiger partial charge in [0.25, 0.3) is 5.24 Å². The molecule has 0 saturated carbocycles. The van der Waals surface area contributed by atoms with Crippen molar-refractivity contribution in [1.29, 1.82) is 0 Å². The molecule has 0 fully saturated rings. The molecule has 0 N–H and O–H groups in total. The summed E-state index contributed by atoms with van der Waals surface area (Å²) in [6.45, 7) is 3.96. The Hall–Kier alpha value is -1.94. The third-order valence-electron chi connectivity index (χ3n) is 3.64. The van der Waals surface area contributed by atoms with Crippen LogP contribution in [0.1, 0.15) is 34.6 Å². The second-order valence-electron chi connectivity index (χ2n) is 5.13. The molecular formula is C15H13ClN2O2. The lowest BCUT2D eigenvalue weighted by atomic mass is 9.97. The van der Waals surface area contributed by atoms with Crippen molar-refractivity contribution in [2.24, 2.45) is 0 Å². The van der Waals surface area contributed by atoms with Crippen molar-refractivity contribution in [3.05, 3.63) is 51.4 Å². The highest BCUT2D eigenvalue weighted by atomic mass is 35.5. The Kier molecular flexibility index (Phi) is 2.98. The Morgan fingerprint density at radius 1 is 1.45 bits per heavy atom. The van der Waals surface area contributed by atoms with Crippen LogP contribution < -0.4 is 5.43 Å². The number of hydrogen-bond acceptors (Lipinski definition) is 3. The molecule has 0 aromatic carbocycles. The maximum absolute atomic E-state index is 12.0. The predicted octanol–water partition coefficient (Wildman–Crippen LogP) is 2.71. The van der Waals surface area contributed by atoms with E-state index >= 15 is 0 Å². The standard InChI is InChI=1S/C15H13ClN2O2/c1-8-3-4-10-5-9(2)18-7-11(15(16)20)13(19)6-12(18)14(10)17-8/h3-4,6-7,9H,5H2,1-2H3/t9-/m1/s1. The number of rotatable bonds is 1. The molecule has 0 radical (unpaired) electrons. The van der Waals surface area contributed by atoms with Crippen LogP contribution in [0.25, 0.3) is 11.4 Å². The molecule has 3 rings (SSSR count). The van der Waals surface area contributed by atoms with E-state index in [0.717, 1.165) is 29.1 Å². The molecule has 102 valence electrons. The van der Waals surface area contributed by atoms with Crippen molar-refractivity contribution < 1.29 is 4.79 Å². The van der Waals surface area contributed by atoms with E-state index in [1.807, 2.05) is 30.5 Å². The number of pyridine rings is 2. The van der Waals surface area contributed by atoms with Crippen LogP contribution in [-0.2, 0) is 6.42 Å². The zero-order valence-corrected chi connectivity index (χ0v) is 11.9. The SMILES string of the molecule is Cc1ccc2c(n1)-c1cc(=O)c(C(=O)Cl)cn1[C@H](C)C2. The van der Waals surface area contributed by atoms with Crippen LogP contribution in [0.15, 0.2) is 29.2 Å². The zero-order chi connectivity index (χ0) is 14.4. The molecule has 0 saturated heterocycles. The molecule has 20 heavy (non-hydrogen) atoms. The normalized spacial score (nSPS) is 16.4. The first-order chi connectivity index (χ1) is 9.47. The minimum atomic E-state index is -0.722. The molecule has 1 atom stereocenters. The van der Waals surface area contributed by atoms with Crippen molar-refractivity contribution in [1.82, 2.24) is 9.55 Å². The van der Waals surface area contributed by atoms with Crippen LogP contribution in [-0.4, -0.2) is 14.8 Å². The second kappa shape index (κ2) is 4.56. The van der Waals surface area contributed by atoms with E-state index in [9.17, 15) is 9.59 Å². The summed E-state index contributed by atoms with van der Waals surface area (Å²) in [6.07, 6.45) is 2.36. The Morgan fingerprint density at radius 3 is 2.90 bits per heavy atom. The molecular weight excluding hydrogens is 276 g/mol. The smallest absolute Gasteiger partial charge is 0.257 e. The first-order valence-corrected chi connectivity index (χ1v) is 6.78. The van der Waals surface area contributed by atoms with Gasteiger partial charge in [0.15, 0.2) is 5.43 Å². The van der Waals surface area contributed by atoms with Gasteiger partial charge in [0.1, 0.15) is 0 Å². The first kappa shape index (κ1) is 13.1. The highest BCUT2D eigenvalue weighted by molar-refractivity contribution is 6.67. The molecule has 0 unspecified atom stereocenters. The number of nitrogens with zero attached hydrogens (tertiary/aromatic N) is 2. The van der Waals surface area contributed by atoms with Gasteiger partial charge in [0, 0.05) is 24.0 Å². The third kappa shape index (κ3) is 1.96. The molecule has 1 aliphatic heterocycles. The highest BCUT2D eigenvalue weighted by Crippen LogP contribution is 2.32. The van der Waals surface area contributed by atoms with Gasteiger partial charge in [0.05, 0.1) is 17.0 Å². The Balaban J connectivity index is 2.32. The number of hydrogen-bond donors (Lipinski definition) is 0. The first-order valence-electron chi connectivity index (χ1n) is 6.40. The lowest BCUT2D eigenvalue weighted by Crippen LogP contribution is -2.23. The molecule has 2 aromatic rings. The van der Waals surface area contributed by atoms with Gasteiger partial charge in [-0.15, -0.1) is 0 Å². The van der Waals surface area contributed by atoms with Gasteiger partial charge in [-0.05, 0) is 43.5 Å². The van der Waals surface area contributed by atoms with Crippen LogP contribution in [0.3, 0.4) is 0 Å². The van der Waals surface area contributed by atoms with E-state index in [0.29, 0.717) is 0 Å². The van der Waals surface area contributed by atoms with E-state index in [4.69, 9.17) is 11.6 Å². The fourth-order valence-corrected chi connectivity index (χ4v) is 2.78. The van der Waals surface area contributed by atoms with E-state index in [1.54, 1.807) is 6.20 Å². The van der Waals surface area contributed by atoms with E-state index in [-0.39, 0.29) is 17.0 Å². The Labute approximate surface area is 121 Å². The van der Waals surface area contributed by atoms with E-state index < -0.39 is 5.24 Å². The number of carbonyl (C=O) groups excluding carboxylic acids is 1. The van der Waals surface area contributed by atoms with Gasteiger partial charge in [-0.3, -0.25) is 14.6 Å². The maximum atomic E-state index is 12.0. The molecule has 0 aliphatic carbocycles. The van der Waals surface area contributed by atoms with Crippen molar-refractivity contribution in [3.8, 4) is 11.4 Å². The van der Waals surface area contributed by atoms with Crippen molar-refractivity contribution >= 4 is 16.8 Å². The highest BCUT2D eigenvalue weighted by Gasteiger charge is 2.24. The molecule has 2 aromatic heterocycles. The van der Waals surface area contributed by atoms with Crippen molar-refractivity contribution in [2.45, 2.75) is 26.3 Å². The third-order valence-corrected chi connectivity index (χ3v) is 3.85. The number of carbonyl (C=O) groups is 1. The summed E-state index contributed by atoms with van der Waals surface area (Å²) >= 11 is 5.46. The van der Waals surface area contributed by atoms with Gasteiger partial charge in [-0.1, -0.05) is 6.07 Å². The topological polar surface area (TPSA) is 52.0 Å². The molecule has 4 nitrogen and oxygen atoms in total. The van der Waals surface area contributed by atoms with Crippen LogP contribution >= 0.6 is 11.6 Å². The fraction of sp³-hybridized carbons (Fsp3) is 0.267. The average Bonchev–Trinajstić information content (AvgIpc) is 2.39. The number of aryl methyl sites for hydroxylation is 1. The molecule has 0 bridgehead atoms. The molecule has 0 amide bonds. The zero-order valence-electron chi connectivity index (χ0n) is 11.2. The summed E-state index contributed by atoms with van der Waals surface area (Å²) in [5.74, 6) is 0. The van der Waals surface area contributed by atoms with Crippen LogP contribution in [0.4, 0.5) is 0 Å². The maximum Gasteiger partial charge on any atom is 0.257 e. The minimum absolute atomic E-state index is 0.0124. The van der Waals surface area contributed by atoms with Crippen molar-refractivity contribution in [2.75, 3.05) is 0 Å². The predicted molar refractivity (Wildman–Crippen MR) is 77.3 cm³/mol. The van der Waals surface area contributed by atoms with E-state index in [2.05, 4.69) is 4.98 Å². The van der Waals surface area contributed by atoms with Gasteiger partial charge < -0.3 is 4.57 Å². The Bertz CT molecular complexity index is 780. The van der Waals surface area contributed by atoms with Gasteiger partial charge >= 0.3 is 0 Å². The summed E-state index contributed by atoms with van der Waals surface area (Å²) in [5, 5.41) is -0.722. The molecule has 5 heteroatoms. The summed E-state index contributed by atoms with van der Waals surface area (Å²) in [5.41, 5.74) is 3.23. The summed E-state index contributed by atoms with van der Waals surface area (Å²) in [7, 11) is 0. The number of halogens is 1. The van der Waals surface area contributed by atoms with Gasteiger partial charge in [-0.2, -0.15) is 0 Å². The van der Waals surface area contributed by atoms with Crippen molar-refractivity contribution in [3.63, 3.8) is 0 Å². The molecule has 0 spiro atoms. The lowest BCUT2D eigenvalue weighted by Gasteiger charge is -2.27. The van der Waals surface area contributed by atoms with Crippen LogP contribution in [0.2, 0.25) is 0 Å². The van der Waals surface area contributed by atoms with Gasteiger partial charge in [-0.25, -0.2) is 0 Å². The quantitative estimate of drug-likeness (QED) is 0.758. The summed E-state index contributed by atoms with van der Waals surface area (Å²) in [4.78, 5) is 27.8. The number of fused-ring (bicyclic) bond motifs is 3. The fourth-order valence-electron chi connectivity index (χ4n) is 2.64. The molecule has 1 aliphatic rings. The molecule has 3 heterocycles. The minimum Gasteiger partial charge on any atom is -0.342 e. The van der Waals surface area contributed by atoms with Crippen LogP contribution in [0, 0.1) is 6.92 Å². The largest absolute Gasteiger partial charge is 0.342 e. The second-order valence-corrected chi connectivity index (χ2v) is 5.47. The van der Waals surface area contributed by atoms with E-state index in [1.165, 1.54) is 6.07 Å². The number of aromatic nitrogens is 2. The monoisotopic (exact) mass is 288 g/mol. The van der Waals surface area contributed by atoms with Gasteiger partial charge in [0.2, 0.25) is 0 Å². The lowest BCUT2D eigenvalue weighted by molar-refractivity contribution is 0.107. The average molecular weight is 289 g/mol. The summed E-state index contributed by atoms with van der Waals surface area (Å²) in [6, 6.07) is 5.62. The Morgan fingerprint density at radius 2 is 2.20 bits per heavy atom. The summed E-state index contributed by atoms with van der Waals surface area (Å²) < 4.78 is 1.91.